The summed E-state index contributed by atoms with van der Waals surface area (Å²) < 4.78 is 40.7. The fourth-order valence-corrected chi connectivity index (χ4v) is 3.32. The van der Waals surface area contributed by atoms with Crippen molar-refractivity contribution in [1.29, 1.82) is 0 Å². The Hall–Kier alpha value is -2.36. The lowest BCUT2D eigenvalue weighted by Gasteiger charge is -2.40. The highest BCUT2D eigenvalue weighted by Crippen LogP contribution is 2.31. The predicted molar refractivity (Wildman–Crippen MR) is 87.0 cm³/mol. The minimum atomic E-state index is -4.44. The van der Waals surface area contributed by atoms with E-state index in [1.807, 2.05) is 18.6 Å². The van der Waals surface area contributed by atoms with Crippen LogP contribution in [0, 0.1) is 0 Å². The smallest absolute Gasteiger partial charge is 0.345 e. The summed E-state index contributed by atoms with van der Waals surface area (Å²) in [7, 11) is 1.84. The van der Waals surface area contributed by atoms with Crippen molar-refractivity contribution in [2.45, 2.75) is 31.1 Å². The van der Waals surface area contributed by atoms with E-state index in [0.717, 1.165) is 5.56 Å². The molecule has 0 aliphatic carbocycles. The Morgan fingerprint density at radius 3 is 2.58 bits per heavy atom. The maximum Gasteiger partial charge on any atom is 0.405 e. The molecule has 0 spiro atoms. The summed E-state index contributed by atoms with van der Waals surface area (Å²) in [4.78, 5) is 14.8. The van der Waals surface area contributed by atoms with Crippen LogP contribution in [0.3, 0.4) is 0 Å². The van der Waals surface area contributed by atoms with Crippen LogP contribution in [0.4, 0.5) is 13.2 Å². The molecule has 2 aromatic rings. The monoisotopic (exact) mass is 370 g/mol. The quantitative estimate of drug-likeness (QED) is 0.861. The Labute approximate surface area is 148 Å². The first-order valence-electron chi connectivity index (χ1n) is 8.34. The van der Waals surface area contributed by atoms with E-state index in [2.05, 4.69) is 15.1 Å². The van der Waals surface area contributed by atoms with Gasteiger partial charge in [0.2, 0.25) is 5.91 Å². The molecule has 0 unspecified atom stereocenters. The van der Waals surface area contributed by atoms with Crippen molar-refractivity contribution in [2.24, 2.45) is 7.05 Å². The van der Waals surface area contributed by atoms with E-state index in [1.165, 1.54) is 10.9 Å². The number of rotatable bonds is 5. The zero-order valence-electron chi connectivity index (χ0n) is 14.4. The van der Waals surface area contributed by atoms with Crippen LogP contribution < -0.4 is 5.32 Å². The van der Waals surface area contributed by atoms with Gasteiger partial charge in [-0.25, -0.2) is 0 Å². The lowest BCUT2D eigenvalue weighted by molar-refractivity contribution is -0.146. The van der Waals surface area contributed by atoms with Crippen molar-refractivity contribution >= 4 is 5.91 Å². The Balaban J connectivity index is 1.70. The van der Waals surface area contributed by atoms with Gasteiger partial charge in [0.05, 0.1) is 6.20 Å². The molecule has 1 aliphatic heterocycles. The van der Waals surface area contributed by atoms with Crippen LogP contribution in [-0.2, 0) is 23.9 Å². The van der Waals surface area contributed by atoms with E-state index < -0.39 is 24.2 Å². The summed E-state index contributed by atoms with van der Waals surface area (Å²) in [5, 5.41) is 10.3. The van der Waals surface area contributed by atoms with E-state index in [0.29, 0.717) is 32.5 Å². The largest absolute Gasteiger partial charge is 0.405 e. The summed E-state index contributed by atoms with van der Waals surface area (Å²) in [5.74, 6) is -0.639. The molecule has 1 saturated heterocycles. The highest BCUT2D eigenvalue weighted by molar-refractivity contribution is 5.84. The van der Waals surface area contributed by atoms with Gasteiger partial charge < -0.3 is 5.32 Å². The molecule has 3 heterocycles. The molecule has 0 atom stereocenters. The Morgan fingerprint density at radius 2 is 2.04 bits per heavy atom. The molecule has 0 saturated carbocycles. The molecule has 1 fully saturated rings. The minimum absolute atomic E-state index is 0.388. The Morgan fingerprint density at radius 1 is 1.31 bits per heavy atom. The first-order valence-corrected chi connectivity index (χ1v) is 8.34. The molecule has 26 heavy (non-hydrogen) atoms. The highest BCUT2D eigenvalue weighted by Gasteiger charge is 2.44. The average molecular weight is 370 g/mol. The number of amides is 1. The number of alkyl halides is 3. The van der Waals surface area contributed by atoms with Crippen molar-refractivity contribution in [2.75, 3.05) is 19.6 Å². The lowest BCUT2D eigenvalue weighted by atomic mass is 9.86. The van der Waals surface area contributed by atoms with Crippen molar-refractivity contribution in [3.63, 3.8) is 0 Å². The van der Waals surface area contributed by atoms with Gasteiger partial charge >= 0.3 is 6.18 Å². The normalized spacial score (nSPS) is 18.0. The highest BCUT2D eigenvalue weighted by atomic mass is 19.4. The number of carbonyl (C=O) groups is 1. The third-order valence-electron chi connectivity index (χ3n) is 4.66. The SMILES string of the molecule is Cn1cc(CN2CCC(C(=O)NCC(F)(F)F)(n3cccn3)CC2)cn1. The standard InChI is InChI=1S/C16H21F3N6O/c1-23-10-13(9-22-23)11-24-7-3-15(4-8-24,25-6-2-5-21-25)14(26)20-12-16(17,18)19/h2,5-6,9-10H,3-4,7-8,11-12H2,1H3,(H,20,26). The number of piperidine rings is 1. The number of hydrogen-bond donors (Lipinski definition) is 1. The summed E-state index contributed by atoms with van der Waals surface area (Å²) in [6.07, 6.45) is 3.20. The second-order valence-corrected chi connectivity index (χ2v) is 6.58. The maximum absolute atomic E-state index is 12.6. The minimum Gasteiger partial charge on any atom is -0.345 e. The molecule has 1 N–H and O–H groups in total. The van der Waals surface area contributed by atoms with Gasteiger partial charge in [-0.15, -0.1) is 0 Å². The van der Waals surface area contributed by atoms with Gasteiger partial charge in [-0.2, -0.15) is 23.4 Å². The van der Waals surface area contributed by atoms with Crippen molar-refractivity contribution < 1.29 is 18.0 Å². The van der Waals surface area contributed by atoms with Crippen molar-refractivity contribution in [3.8, 4) is 0 Å². The number of likely N-dealkylation sites (tertiary alicyclic amines) is 1. The fraction of sp³-hybridized carbons (Fsp3) is 0.562. The summed E-state index contributed by atoms with van der Waals surface area (Å²) in [5.41, 5.74) is -0.0409. The molecule has 10 heteroatoms. The number of aromatic nitrogens is 4. The summed E-state index contributed by atoms with van der Waals surface area (Å²) in [6.45, 7) is 0.504. The number of nitrogens with zero attached hydrogens (tertiary/aromatic N) is 5. The number of aryl methyl sites for hydroxylation is 1. The molecular weight excluding hydrogens is 349 g/mol. The molecule has 142 valence electrons. The van der Waals surface area contributed by atoms with Gasteiger partial charge in [0.1, 0.15) is 12.1 Å². The van der Waals surface area contributed by atoms with Crippen LogP contribution in [-0.4, -0.2) is 56.2 Å². The lowest BCUT2D eigenvalue weighted by Crippen LogP contribution is -2.56. The van der Waals surface area contributed by atoms with Crippen LogP contribution in [0.1, 0.15) is 18.4 Å². The van der Waals surface area contributed by atoms with Gasteiger partial charge in [0.15, 0.2) is 0 Å². The molecule has 0 radical (unpaired) electrons. The zero-order valence-corrected chi connectivity index (χ0v) is 14.4. The second-order valence-electron chi connectivity index (χ2n) is 6.58. The molecular formula is C16H21F3N6O. The average Bonchev–Trinajstić information content (AvgIpc) is 3.25. The van der Waals surface area contributed by atoms with E-state index >= 15 is 0 Å². The Bertz CT molecular complexity index is 732. The molecule has 2 aromatic heterocycles. The van der Waals surface area contributed by atoms with Gasteiger partial charge in [0.25, 0.3) is 0 Å². The predicted octanol–water partition coefficient (Wildman–Crippen LogP) is 1.29. The van der Waals surface area contributed by atoms with Crippen LogP contribution in [0.15, 0.2) is 30.9 Å². The van der Waals surface area contributed by atoms with Gasteiger partial charge in [-0.3, -0.25) is 19.1 Å². The number of carbonyl (C=O) groups excluding carboxylic acids is 1. The molecule has 3 rings (SSSR count). The maximum atomic E-state index is 12.6. The summed E-state index contributed by atoms with van der Waals surface area (Å²) in [6, 6.07) is 1.67. The van der Waals surface area contributed by atoms with E-state index in [9.17, 15) is 18.0 Å². The molecule has 0 aromatic carbocycles. The van der Waals surface area contributed by atoms with Gasteiger partial charge in [-0.1, -0.05) is 0 Å². The molecule has 1 amide bonds. The number of nitrogens with one attached hydrogen (secondary N) is 1. The molecule has 0 bridgehead atoms. The van der Waals surface area contributed by atoms with Crippen molar-refractivity contribution in [3.05, 3.63) is 36.4 Å². The second kappa shape index (κ2) is 7.10. The number of halogens is 3. The van der Waals surface area contributed by atoms with Crippen LogP contribution in [0.5, 0.6) is 0 Å². The molecule has 1 aliphatic rings. The van der Waals surface area contributed by atoms with Crippen LogP contribution in [0.2, 0.25) is 0 Å². The first-order chi connectivity index (χ1) is 12.3. The fourth-order valence-electron chi connectivity index (χ4n) is 3.32. The number of hydrogen-bond acceptors (Lipinski definition) is 4. The van der Waals surface area contributed by atoms with Gasteiger partial charge in [0, 0.05) is 50.8 Å². The van der Waals surface area contributed by atoms with Crippen LogP contribution in [0.25, 0.3) is 0 Å². The van der Waals surface area contributed by atoms with E-state index in [1.54, 1.807) is 23.1 Å². The third kappa shape index (κ3) is 4.06. The molecule has 7 nitrogen and oxygen atoms in total. The van der Waals surface area contributed by atoms with Crippen molar-refractivity contribution in [1.82, 2.24) is 29.8 Å². The summed E-state index contributed by atoms with van der Waals surface area (Å²) >= 11 is 0. The first kappa shape index (κ1) is 18.4. The Kier molecular flexibility index (Phi) is 5.03. The van der Waals surface area contributed by atoms with E-state index in [-0.39, 0.29) is 0 Å². The van der Waals surface area contributed by atoms with Crippen LogP contribution >= 0.6 is 0 Å². The zero-order chi connectivity index (χ0) is 18.8. The third-order valence-corrected chi connectivity index (χ3v) is 4.66. The van der Waals surface area contributed by atoms with Gasteiger partial charge in [-0.05, 0) is 18.9 Å². The van der Waals surface area contributed by atoms with E-state index in [4.69, 9.17) is 0 Å². The topological polar surface area (TPSA) is 68.0 Å².